The normalized spacial score (nSPS) is 17.4. The maximum absolute atomic E-state index is 15.3. The Bertz CT molecular complexity index is 1730. The second-order valence-corrected chi connectivity index (χ2v) is 12.2. The fourth-order valence-electron chi connectivity index (χ4n) is 5.09. The molecule has 0 saturated carbocycles. The van der Waals surface area contributed by atoms with Crippen molar-refractivity contribution in [3.63, 3.8) is 0 Å². The average molecular weight is 608 g/mol. The molecule has 1 aliphatic heterocycles. The lowest BCUT2D eigenvalue weighted by molar-refractivity contribution is -0.0402. The van der Waals surface area contributed by atoms with Crippen molar-refractivity contribution in [3.8, 4) is 11.3 Å². The van der Waals surface area contributed by atoms with E-state index in [1.165, 1.54) is 43.6 Å². The average Bonchev–Trinajstić information content (AvgIpc) is 3.31. The maximum Gasteiger partial charge on any atom is 0.280 e. The van der Waals surface area contributed by atoms with Gasteiger partial charge >= 0.3 is 0 Å². The van der Waals surface area contributed by atoms with Gasteiger partial charge in [-0.25, -0.2) is 26.6 Å². The minimum absolute atomic E-state index is 0.00514. The molecule has 3 heterocycles. The Morgan fingerprint density at radius 1 is 1.20 bits per heavy atom. The Morgan fingerprint density at radius 2 is 1.93 bits per heavy atom. The lowest BCUT2D eigenvalue weighted by atomic mass is 10.00. The molecular weight excluding hydrogens is 579 g/mol. The zero-order valence-corrected chi connectivity index (χ0v) is 24.1. The van der Waals surface area contributed by atoms with Crippen LogP contribution in [0.3, 0.4) is 0 Å². The van der Waals surface area contributed by atoms with E-state index in [1.54, 1.807) is 15.6 Å². The molecular formula is C27H29ClF3N7O2S. The first-order chi connectivity index (χ1) is 19.3. The molecule has 1 unspecified atom stereocenters. The third-order valence-corrected chi connectivity index (χ3v) is 8.99. The van der Waals surface area contributed by atoms with Crippen LogP contribution in [-0.4, -0.2) is 55.3 Å². The van der Waals surface area contributed by atoms with E-state index in [4.69, 9.17) is 22.4 Å². The number of anilines is 3. The van der Waals surface area contributed by atoms with Crippen molar-refractivity contribution < 1.29 is 21.6 Å². The van der Waals surface area contributed by atoms with Crippen LogP contribution < -0.4 is 20.7 Å². The molecule has 0 bridgehead atoms. The highest BCUT2D eigenvalue weighted by Crippen LogP contribution is 2.41. The number of benzene rings is 2. The van der Waals surface area contributed by atoms with E-state index < -0.39 is 34.3 Å². The van der Waals surface area contributed by atoms with Gasteiger partial charge in [-0.3, -0.25) is 9.40 Å². The highest BCUT2D eigenvalue weighted by atomic mass is 35.5. The summed E-state index contributed by atoms with van der Waals surface area (Å²) < 4.78 is 74.6. The van der Waals surface area contributed by atoms with Gasteiger partial charge in [0.1, 0.15) is 22.2 Å². The molecule has 0 aliphatic carbocycles. The van der Waals surface area contributed by atoms with Gasteiger partial charge in [-0.1, -0.05) is 29.8 Å². The first-order valence-electron chi connectivity index (χ1n) is 12.9. The van der Waals surface area contributed by atoms with Crippen LogP contribution in [0.1, 0.15) is 26.3 Å². The monoisotopic (exact) mass is 607 g/mol. The molecule has 2 aromatic carbocycles. The molecule has 41 heavy (non-hydrogen) atoms. The molecule has 1 saturated heterocycles. The lowest BCUT2D eigenvalue weighted by Crippen LogP contribution is -2.56. The first-order valence-corrected chi connectivity index (χ1v) is 14.7. The topological polar surface area (TPSA) is 118 Å². The van der Waals surface area contributed by atoms with Gasteiger partial charge in [0.15, 0.2) is 0 Å². The standard InChI is InChI=1S/C27H29ClF3N7O2S/c1-15(2)38-25-20(37-11-10-22(33-3)27(30,31)14-37)13-34-26(32)23(25)24(35-38)16-8-9-19(18(29)12-16)36-41(39,40)21-7-5-4-6-17(21)28/h4-9,12-13,15,22,33,36H,10-11,14H2,1-3H3,(H2,32,34). The number of sulfonamides is 1. The van der Waals surface area contributed by atoms with Crippen molar-refractivity contribution in [2.24, 2.45) is 0 Å². The second kappa shape index (κ2) is 10.7. The SMILES string of the molecule is CNC1CCN(c2cnc(N)c3c(-c4ccc(NS(=O)(=O)c5ccccc5Cl)c(F)c4)nn(C(C)C)c23)CC1(F)F. The molecule has 9 nitrogen and oxygen atoms in total. The van der Waals surface area contributed by atoms with Gasteiger partial charge in [0.2, 0.25) is 0 Å². The number of nitrogens with one attached hydrogen (secondary N) is 2. The van der Waals surface area contributed by atoms with E-state index in [0.717, 1.165) is 6.07 Å². The van der Waals surface area contributed by atoms with Crippen LogP contribution >= 0.6 is 11.6 Å². The summed E-state index contributed by atoms with van der Waals surface area (Å²) in [6.07, 6.45) is 1.68. The summed E-state index contributed by atoms with van der Waals surface area (Å²) in [7, 11) is -2.65. The van der Waals surface area contributed by atoms with Crippen molar-refractivity contribution in [1.82, 2.24) is 20.1 Å². The molecule has 1 aliphatic rings. The van der Waals surface area contributed by atoms with E-state index >= 15 is 4.39 Å². The van der Waals surface area contributed by atoms with Crippen LogP contribution in [0.2, 0.25) is 5.02 Å². The van der Waals surface area contributed by atoms with Crippen molar-refractivity contribution in [1.29, 1.82) is 0 Å². The number of pyridine rings is 1. The zero-order chi connectivity index (χ0) is 29.7. The summed E-state index contributed by atoms with van der Waals surface area (Å²) in [6.45, 7) is 3.60. The summed E-state index contributed by atoms with van der Waals surface area (Å²) in [5, 5.41) is 7.77. The van der Waals surface area contributed by atoms with E-state index in [1.807, 2.05) is 13.8 Å². The van der Waals surface area contributed by atoms with Crippen LogP contribution in [-0.2, 0) is 10.0 Å². The third-order valence-electron chi connectivity index (χ3n) is 7.13. The molecule has 4 aromatic rings. The predicted molar refractivity (Wildman–Crippen MR) is 155 cm³/mol. The predicted octanol–water partition coefficient (Wildman–Crippen LogP) is 5.29. The molecule has 0 amide bonds. The summed E-state index contributed by atoms with van der Waals surface area (Å²) in [4.78, 5) is 5.66. The molecule has 0 spiro atoms. The van der Waals surface area contributed by atoms with Gasteiger partial charge in [0.05, 0.1) is 46.1 Å². The molecule has 218 valence electrons. The van der Waals surface area contributed by atoms with Gasteiger partial charge in [0, 0.05) is 18.2 Å². The van der Waals surface area contributed by atoms with E-state index in [2.05, 4.69) is 15.0 Å². The number of fused-ring (bicyclic) bond motifs is 1. The molecule has 1 fully saturated rings. The van der Waals surface area contributed by atoms with Crippen LogP contribution in [0.25, 0.3) is 22.2 Å². The third kappa shape index (κ3) is 5.29. The summed E-state index contributed by atoms with van der Waals surface area (Å²) in [5.74, 6) is -3.74. The zero-order valence-electron chi connectivity index (χ0n) is 22.5. The fourth-order valence-corrected chi connectivity index (χ4v) is 6.68. The smallest absolute Gasteiger partial charge is 0.280 e. The molecule has 5 rings (SSSR count). The highest BCUT2D eigenvalue weighted by molar-refractivity contribution is 7.92. The quantitative estimate of drug-likeness (QED) is 0.261. The first kappa shape index (κ1) is 29.0. The number of nitrogens with two attached hydrogens (primary N) is 1. The number of halogens is 4. The number of rotatable bonds is 7. The molecule has 1 atom stereocenters. The number of piperidine rings is 1. The van der Waals surface area contributed by atoms with E-state index in [9.17, 15) is 17.2 Å². The maximum atomic E-state index is 15.3. The minimum atomic E-state index is -4.17. The number of alkyl halides is 2. The largest absolute Gasteiger partial charge is 0.383 e. The van der Waals surface area contributed by atoms with Crippen molar-refractivity contribution in [2.45, 2.75) is 43.2 Å². The van der Waals surface area contributed by atoms with Crippen molar-refractivity contribution in [2.75, 3.05) is 35.5 Å². The lowest BCUT2D eigenvalue weighted by Gasteiger charge is -2.39. The Hall–Kier alpha value is -3.55. The number of nitrogens with zero attached hydrogens (tertiary/aromatic N) is 4. The summed E-state index contributed by atoms with van der Waals surface area (Å²) in [5.41, 5.74) is 7.55. The fraction of sp³-hybridized carbons (Fsp3) is 0.333. The molecule has 2 aromatic heterocycles. The van der Waals surface area contributed by atoms with Gasteiger partial charge in [-0.15, -0.1) is 0 Å². The Balaban J connectivity index is 1.57. The van der Waals surface area contributed by atoms with Crippen LogP contribution in [0.5, 0.6) is 0 Å². The van der Waals surface area contributed by atoms with Crippen molar-refractivity contribution >= 4 is 49.7 Å². The van der Waals surface area contributed by atoms with Gasteiger partial charge in [-0.2, -0.15) is 5.10 Å². The van der Waals surface area contributed by atoms with Crippen LogP contribution in [0, 0.1) is 5.82 Å². The molecule has 0 radical (unpaired) electrons. The molecule has 14 heteroatoms. The van der Waals surface area contributed by atoms with Gasteiger partial charge in [-0.05, 0) is 51.6 Å². The van der Waals surface area contributed by atoms with Crippen molar-refractivity contribution in [3.05, 3.63) is 59.5 Å². The number of aromatic nitrogens is 3. The summed E-state index contributed by atoms with van der Waals surface area (Å²) >= 11 is 6.03. The minimum Gasteiger partial charge on any atom is -0.383 e. The van der Waals surface area contributed by atoms with E-state index in [-0.39, 0.29) is 39.6 Å². The highest BCUT2D eigenvalue weighted by Gasteiger charge is 2.44. The second-order valence-electron chi connectivity index (χ2n) is 10.2. The summed E-state index contributed by atoms with van der Waals surface area (Å²) in [6, 6.07) is 8.58. The Morgan fingerprint density at radius 3 is 2.56 bits per heavy atom. The number of hydrogen-bond donors (Lipinski definition) is 3. The Labute approximate surface area is 240 Å². The van der Waals surface area contributed by atoms with E-state index in [0.29, 0.717) is 28.7 Å². The Kier molecular flexibility index (Phi) is 7.55. The number of nitrogen functional groups attached to an aromatic ring is 1. The van der Waals surface area contributed by atoms with Gasteiger partial charge in [0.25, 0.3) is 15.9 Å². The van der Waals surface area contributed by atoms with Crippen LogP contribution in [0.4, 0.5) is 30.4 Å². The molecule has 4 N–H and O–H groups in total. The van der Waals surface area contributed by atoms with Crippen LogP contribution in [0.15, 0.2) is 53.6 Å². The number of hydrogen-bond acceptors (Lipinski definition) is 7. The van der Waals surface area contributed by atoms with Gasteiger partial charge < -0.3 is 16.0 Å².